The lowest BCUT2D eigenvalue weighted by atomic mass is 10.2. The van der Waals surface area contributed by atoms with Gasteiger partial charge in [-0.3, -0.25) is 10.1 Å². The molecule has 0 fully saturated rings. The summed E-state index contributed by atoms with van der Waals surface area (Å²) in [5.74, 6) is -0.449. The molecule has 25 heavy (non-hydrogen) atoms. The van der Waals surface area contributed by atoms with E-state index in [9.17, 15) is 14.9 Å². The lowest BCUT2D eigenvalue weighted by Crippen LogP contribution is -2.03. The van der Waals surface area contributed by atoms with Crippen LogP contribution in [0.4, 0.5) is 5.69 Å². The van der Waals surface area contributed by atoms with Gasteiger partial charge < -0.3 is 4.74 Å². The van der Waals surface area contributed by atoms with Crippen LogP contribution in [0.3, 0.4) is 0 Å². The van der Waals surface area contributed by atoms with Crippen molar-refractivity contribution >= 4 is 29.1 Å². The minimum atomic E-state index is -0.588. The van der Waals surface area contributed by atoms with Gasteiger partial charge in [0.05, 0.1) is 11.0 Å². The van der Waals surface area contributed by atoms with Crippen LogP contribution in [0.2, 0.25) is 0 Å². The van der Waals surface area contributed by atoms with Crippen LogP contribution >= 0.6 is 11.3 Å². The zero-order valence-corrected chi connectivity index (χ0v) is 13.8. The van der Waals surface area contributed by atoms with Crippen molar-refractivity contribution < 1.29 is 14.5 Å². The smallest absolute Gasteiger partial charge is 0.336 e. The number of carbonyl (C=O) groups excluding carboxylic acids is 1. The highest BCUT2D eigenvalue weighted by Gasteiger charge is 2.08. The molecule has 2 aromatic carbocycles. The summed E-state index contributed by atoms with van der Waals surface area (Å²) in [6, 6.07) is 19.4. The van der Waals surface area contributed by atoms with Gasteiger partial charge in [0.2, 0.25) is 0 Å². The minimum Gasteiger partial charge on any atom is -0.423 e. The summed E-state index contributed by atoms with van der Waals surface area (Å²) >= 11 is 1.56. The molecule has 0 saturated carbocycles. The van der Waals surface area contributed by atoms with Crippen LogP contribution in [0.25, 0.3) is 16.5 Å². The topological polar surface area (TPSA) is 69.4 Å². The molecule has 1 aromatic heterocycles. The van der Waals surface area contributed by atoms with Crippen LogP contribution in [0.5, 0.6) is 5.75 Å². The first kappa shape index (κ1) is 16.6. The molecule has 0 saturated heterocycles. The molecule has 0 aliphatic heterocycles. The minimum absolute atomic E-state index is 0.125. The number of thiophene rings is 1. The van der Waals surface area contributed by atoms with Crippen molar-refractivity contribution in [3.05, 3.63) is 87.8 Å². The number of hydrogen-bond acceptors (Lipinski definition) is 5. The fraction of sp³-hybridized carbons (Fsp3) is 0. The molecule has 0 radical (unpaired) electrons. The Morgan fingerprint density at radius 2 is 1.84 bits per heavy atom. The van der Waals surface area contributed by atoms with Gasteiger partial charge in [0.25, 0.3) is 5.69 Å². The Balaban J connectivity index is 1.66. The number of nitro benzene ring substituents is 1. The highest BCUT2D eigenvalue weighted by Crippen LogP contribution is 2.28. The summed E-state index contributed by atoms with van der Waals surface area (Å²) in [6.07, 6.45) is 2.97. The number of rotatable bonds is 5. The van der Waals surface area contributed by atoms with E-state index in [-0.39, 0.29) is 11.4 Å². The number of benzene rings is 2. The second kappa shape index (κ2) is 7.55. The number of hydrogen-bond donors (Lipinski definition) is 0. The second-order valence-corrected chi connectivity index (χ2v) is 6.19. The third kappa shape index (κ3) is 4.39. The molecule has 0 amide bonds. The Labute approximate surface area is 148 Å². The molecular weight excluding hydrogens is 338 g/mol. The molecular formula is C19H13NO4S. The van der Waals surface area contributed by atoms with E-state index >= 15 is 0 Å². The number of carbonyl (C=O) groups is 1. The first-order valence-corrected chi connectivity index (χ1v) is 8.23. The van der Waals surface area contributed by atoms with Crippen molar-refractivity contribution in [3.63, 3.8) is 0 Å². The van der Waals surface area contributed by atoms with Crippen molar-refractivity contribution in [2.45, 2.75) is 0 Å². The molecule has 0 spiro atoms. The van der Waals surface area contributed by atoms with E-state index in [1.165, 1.54) is 30.3 Å². The van der Waals surface area contributed by atoms with Gasteiger partial charge in [-0.1, -0.05) is 36.4 Å². The van der Waals surface area contributed by atoms with Crippen LogP contribution < -0.4 is 4.74 Å². The zero-order chi connectivity index (χ0) is 17.6. The molecule has 0 unspecified atom stereocenters. The molecule has 5 nitrogen and oxygen atoms in total. The molecule has 0 N–H and O–H groups in total. The van der Waals surface area contributed by atoms with Crippen molar-refractivity contribution in [1.82, 2.24) is 0 Å². The normalized spacial score (nSPS) is 10.7. The molecule has 0 bridgehead atoms. The molecule has 1 heterocycles. The number of nitro groups is 1. The largest absolute Gasteiger partial charge is 0.423 e. The predicted octanol–water partition coefficient (Wildman–Crippen LogP) is 4.94. The lowest BCUT2D eigenvalue weighted by Gasteiger charge is -2.00. The van der Waals surface area contributed by atoms with Gasteiger partial charge in [0, 0.05) is 21.9 Å². The molecule has 3 aromatic rings. The van der Waals surface area contributed by atoms with Crippen molar-refractivity contribution in [1.29, 1.82) is 0 Å². The van der Waals surface area contributed by atoms with E-state index in [2.05, 4.69) is 0 Å². The highest BCUT2D eigenvalue weighted by molar-refractivity contribution is 7.16. The first-order chi connectivity index (χ1) is 12.1. The molecule has 0 atom stereocenters. The van der Waals surface area contributed by atoms with Crippen molar-refractivity contribution in [2.24, 2.45) is 0 Å². The van der Waals surface area contributed by atoms with Gasteiger partial charge in [0.1, 0.15) is 5.75 Å². The summed E-state index contributed by atoms with van der Waals surface area (Å²) in [5.41, 5.74) is 0.992. The quantitative estimate of drug-likeness (QED) is 0.215. The molecule has 0 aliphatic rings. The Morgan fingerprint density at radius 1 is 1.04 bits per heavy atom. The summed E-state index contributed by atoms with van der Waals surface area (Å²) in [7, 11) is 0. The van der Waals surface area contributed by atoms with E-state index in [1.54, 1.807) is 17.4 Å². The van der Waals surface area contributed by atoms with Crippen LogP contribution in [-0.2, 0) is 4.79 Å². The monoisotopic (exact) mass is 351 g/mol. The first-order valence-electron chi connectivity index (χ1n) is 7.41. The maximum Gasteiger partial charge on any atom is 0.336 e. The molecule has 124 valence electrons. The Bertz CT molecular complexity index is 931. The third-order valence-corrected chi connectivity index (χ3v) is 4.42. The average Bonchev–Trinajstić information content (AvgIpc) is 3.10. The Hall–Kier alpha value is -3.25. The van der Waals surface area contributed by atoms with Crippen LogP contribution in [0.1, 0.15) is 4.88 Å². The highest BCUT2D eigenvalue weighted by atomic mass is 32.1. The fourth-order valence-electron chi connectivity index (χ4n) is 2.16. The summed E-state index contributed by atoms with van der Waals surface area (Å²) < 4.78 is 5.09. The van der Waals surface area contributed by atoms with Gasteiger partial charge in [-0.15, -0.1) is 11.3 Å². The van der Waals surface area contributed by atoms with E-state index in [0.29, 0.717) is 0 Å². The SMILES string of the molecule is O=C(/C=C/c1ccc(-c2ccccc2)s1)Oc1cccc([N+](=O)[O-])c1. The summed E-state index contributed by atoms with van der Waals surface area (Å²) in [6.45, 7) is 0. The number of non-ortho nitro benzene ring substituents is 1. The van der Waals surface area contributed by atoms with Crippen LogP contribution in [0, 0.1) is 10.1 Å². The van der Waals surface area contributed by atoms with Crippen molar-refractivity contribution in [3.8, 4) is 16.2 Å². The number of ether oxygens (including phenoxy) is 1. The van der Waals surface area contributed by atoms with Crippen LogP contribution in [0.15, 0.2) is 72.8 Å². The summed E-state index contributed by atoms with van der Waals surface area (Å²) in [4.78, 5) is 24.1. The lowest BCUT2D eigenvalue weighted by molar-refractivity contribution is -0.384. The van der Waals surface area contributed by atoms with Crippen LogP contribution in [-0.4, -0.2) is 10.9 Å². The van der Waals surface area contributed by atoms with E-state index < -0.39 is 10.9 Å². The summed E-state index contributed by atoms with van der Waals surface area (Å²) in [5, 5.41) is 10.7. The van der Waals surface area contributed by atoms with E-state index in [0.717, 1.165) is 15.3 Å². The van der Waals surface area contributed by atoms with E-state index in [1.807, 2.05) is 42.5 Å². The second-order valence-electron chi connectivity index (χ2n) is 5.08. The maximum atomic E-state index is 11.9. The van der Waals surface area contributed by atoms with Gasteiger partial charge in [-0.05, 0) is 29.8 Å². The van der Waals surface area contributed by atoms with Gasteiger partial charge in [-0.25, -0.2) is 4.79 Å². The number of esters is 1. The zero-order valence-electron chi connectivity index (χ0n) is 13.0. The van der Waals surface area contributed by atoms with Gasteiger partial charge in [0.15, 0.2) is 0 Å². The Kier molecular flexibility index (Phi) is 5.01. The van der Waals surface area contributed by atoms with E-state index in [4.69, 9.17) is 4.74 Å². The van der Waals surface area contributed by atoms with Crippen molar-refractivity contribution in [2.75, 3.05) is 0 Å². The molecule has 6 heteroatoms. The van der Waals surface area contributed by atoms with Gasteiger partial charge in [-0.2, -0.15) is 0 Å². The average molecular weight is 351 g/mol. The predicted molar refractivity (Wildman–Crippen MR) is 97.5 cm³/mol. The standard InChI is InChI=1S/C19H13NO4S/c21-19(24-16-8-4-7-15(13-16)20(22)23)12-10-17-9-11-18(25-17)14-5-2-1-3-6-14/h1-13H/b12-10+. The molecule has 3 rings (SSSR count). The Morgan fingerprint density at radius 3 is 2.60 bits per heavy atom. The number of nitrogens with zero attached hydrogens (tertiary/aromatic N) is 1. The molecule has 0 aliphatic carbocycles. The maximum absolute atomic E-state index is 11.9. The fourth-order valence-corrected chi connectivity index (χ4v) is 3.08. The third-order valence-electron chi connectivity index (χ3n) is 3.32. The van der Waals surface area contributed by atoms with Gasteiger partial charge >= 0.3 is 5.97 Å².